The standard InChI is InChI=1S/C11H21N3S/c1-10(13-11-12-5-8-15-11)9-14-6-3-2-4-7-14/h10H,2-9H2,1H3,(H,12,13). The normalized spacial score (nSPS) is 25.0. The third kappa shape index (κ3) is 3.68. The zero-order chi connectivity index (χ0) is 10.5. The quantitative estimate of drug-likeness (QED) is 0.793. The van der Waals surface area contributed by atoms with Gasteiger partial charge < -0.3 is 10.2 Å². The van der Waals surface area contributed by atoms with Gasteiger partial charge in [-0.15, -0.1) is 0 Å². The van der Waals surface area contributed by atoms with Gasteiger partial charge in [-0.25, -0.2) is 0 Å². The molecule has 3 nitrogen and oxygen atoms in total. The summed E-state index contributed by atoms with van der Waals surface area (Å²) >= 11 is 1.85. The molecule has 2 aliphatic heterocycles. The van der Waals surface area contributed by atoms with E-state index in [0.29, 0.717) is 6.04 Å². The van der Waals surface area contributed by atoms with E-state index in [0.717, 1.165) is 17.5 Å². The monoisotopic (exact) mass is 227 g/mol. The van der Waals surface area contributed by atoms with Crippen LogP contribution in [0.15, 0.2) is 4.99 Å². The fourth-order valence-corrected chi connectivity index (χ4v) is 3.05. The van der Waals surface area contributed by atoms with Crippen molar-refractivity contribution in [2.24, 2.45) is 4.99 Å². The number of hydrogen-bond donors (Lipinski definition) is 1. The molecule has 0 aromatic heterocycles. The average Bonchev–Trinajstić information content (AvgIpc) is 2.71. The first-order chi connectivity index (χ1) is 7.34. The largest absolute Gasteiger partial charge is 0.361 e. The number of amidine groups is 1. The highest BCUT2D eigenvalue weighted by Gasteiger charge is 2.15. The molecule has 4 heteroatoms. The van der Waals surface area contributed by atoms with Crippen LogP contribution in [0.2, 0.25) is 0 Å². The van der Waals surface area contributed by atoms with Crippen molar-refractivity contribution in [3.05, 3.63) is 0 Å². The van der Waals surface area contributed by atoms with E-state index in [-0.39, 0.29) is 0 Å². The Hall–Kier alpha value is -0.220. The molecule has 0 aromatic carbocycles. The predicted molar refractivity (Wildman–Crippen MR) is 67.6 cm³/mol. The molecule has 86 valence electrons. The van der Waals surface area contributed by atoms with Crippen LogP contribution in [0.5, 0.6) is 0 Å². The van der Waals surface area contributed by atoms with Gasteiger partial charge in [0.25, 0.3) is 0 Å². The average molecular weight is 227 g/mol. The van der Waals surface area contributed by atoms with Crippen molar-refractivity contribution in [2.45, 2.75) is 32.2 Å². The summed E-state index contributed by atoms with van der Waals surface area (Å²) < 4.78 is 0. The fraction of sp³-hybridized carbons (Fsp3) is 0.909. The Bertz CT molecular complexity index is 224. The lowest BCUT2D eigenvalue weighted by atomic mass is 10.1. The Morgan fingerprint density at radius 1 is 1.40 bits per heavy atom. The molecule has 0 bridgehead atoms. The minimum atomic E-state index is 0.535. The lowest BCUT2D eigenvalue weighted by Gasteiger charge is -2.29. The van der Waals surface area contributed by atoms with Gasteiger partial charge in [-0.2, -0.15) is 0 Å². The summed E-state index contributed by atoms with van der Waals surface area (Å²) in [7, 11) is 0. The van der Waals surface area contributed by atoms with Gasteiger partial charge >= 0.3 is 0 Å². The van der Waals surface area contributed by atoms with Crippen LogP contribution in [0.3, 0.4) is 0 Å². The Morgan fingerprint density at radius 3 is 2.87 bits per heavy atom. The Kier molecular flexibility index (Phi) is 4.32. The van der Waals surface area contributed by atoms with Crippen molar-refractivity contribution in [1.29, 1.82) is 0 Å². The summed E-state index contributed by atoms with van der Waals surface area (Å²) in [4.78, 5) is 6.99. The van der Waals surface area contributed by atoms with Crippen molar-refractivity contribution in [1.82, 2.24) is 10.2 Å². The van der Waals surface area contributed by atoms with E-state index in [1.165, 1.54) is 38.9 Å². The van der Waals surface area contributed by atoms with Gasteiger partial charge in [0.2, 0.25) is 0 Å². The first-order valence-corrected chi connectivity index (χ1v) is 6.99. The number of aliphatic imine (C=N–C) groups is 1. The number of hydrogen-bond acceptors (Lipinski definition) is 4. The maximum absolute atomic E-state index is 4.42. The maximum Gasteiger partial charge on any atom is 0.156 e. The summed E-state index contributed by atoms with van der Waals surface area (Å²) in [5.74, 6) is 1.15. The molecule has 2 heterocycles. The lowest BCUT2D eigenvalue weighted by molar-refractivity contribution is 0.215. The molecule has 1 atom stereocenters. The van der Waals surface area contributed by atoms with Crippen LogP contribution < -0.4 is 5.32 Å². The minimum absolute atomic E-state index is 0.535. The van der Waals surface area contributed by atoms with Crippen LogP contribution in [-0.2, 0) is 0 Å². The number of likely N-dealkylation sites (tertiary alicyclic amines) is 1. The van der Waals surface area contributed by atoms with Crippen LogP contribution in [0.4, 0.5) is 0 Å². The van der Waals surface area contributed by atoms with E-state index in [4.69, 9.17) is 0 Å². The van der Waals surface area contributed by atoms with Crippen LogP contribution in [0.1, 0.15) is 26.2 Å². The molecule has 0 aliphatic carbocycles. The molecule has 1 saturated heterocycles. The van der Waals surface area contributed by atoms with Crippen LogP contribution in [-0.4, -0.2) is 48.0 Å². The molecule has 0 radical (unpaired) electrons. The molecule has 0 aromatic rings. The maximum atomic E-state index is 4.42. The molecule has 15 heavy (non-hydrogen) atoms. The summed E-state index contributed by atoms with van der Waals surface area (Å²) in [5.41, 5.74) is 0. The van der Waals surface area contributed by atoms with E-state index >= 15 is 0 Å². The van der Waals surface area contributed by atoms with Crippen molar-refractivity contribution < 1.29 is 0 Å². The second-order valence-corrected chi connectivity index (χ2v) is 5.53. The van der Waals surface area contributed by atoms with E-state index in [2.05, 4.69) is 22.1 Å². The number of nitrogens with one attached hydrogen (secondary N) is 1. The highest BCUT2D eigenvalue weighted by atomic mass is 32.2. The lowest BCUT2D eigenvalue weighted by Crippen LogP contribution is -2.42. The topological polar surface area (TPSA) is 27.6 Å². The molecule has 0 spiro atoms. The van der Waals surface area contributed by atoms with E-state index < -0.39 is 0 Å². The smallest absolute Gasteiger partial charge is 0.156 e. The minimum Gasteiger partial charge on any atom is -0.361 e. The van der Waals surface area contributed by atoms with Crippen LogP contribution >= 0.6 is 11.8 Å². The van der Waals surface area contributed by atoms with Gasteiger partial charge in [-0.3, -0.25) is 4.99 Å². The highest BCUT2D eigenvalue weighted by molar-refractivity contribution is 8.14. The van der Waals surface area contributed by atoms with E-state index in [9.17, 15) is 0 Å². The van der Waals surface area contributed by atoms with Crippen molar-refractivity contribution in [3.63, 3.8) is 0 Å². The molecule has 2 aliphatic rings. The fourth-order valence-electron chi connectivity index (χ4n) is 2.21. The highest BCUT2D eigenvalue weighted by Crippen LogP contribution is 2.11. The summed E-state index contributed by atoms with van der Waals surface area (Å²) in [6.07, 6.45) is 4.17. The summed E-state index contributed by atoms with van der Waals surface area (Å²) in [6.45, 7) is 6.98. The predicted octanol–water partition coefficient (Wildman–Crippen LogP) is 1.55. The van der Waals surface area contributed by atoms with Crippen molar-refractivity contribution in [3.8, 4) is 0 Å². The second-order valence-electron chi connectivity index (χ2n) is 4.44. The van der Waals surface area contributed by atoms with Crippen molar-refractivity contribution in [2.75, 3.05) is 31.9 Å². The summed E-state index contributed by atoms with van der Waals surface area (Å²) in [6, 6.07) is 0.535. The number of piperidine rings is 1. The van der Waals surface area contributed by atoms with E-state index in [1.807, 2.05) is 11.8 Å². The molecular weight excluding hydrogens is 206 g/mol. The van der Waals surface area contributed by atoms with Crippen LogP contribution in [0.25, 0.3) is 0 Å². The Morgan fingerprint density at radius 2 is 2.20 bits per heavy atom. The zero-order valence-electron chi connectivity index (χ0n) is 9.54. The van der Waals surface area contributed by atoms with Gasteiger partial charge in [0.15, 0.2) is 5.17 Å². The van der Waals surface area contributed by atoms with Gasteiger partial charge in [0.05, 0.1) is 6.54 Å². The molecular formula is C11H21N3S. The molecule has 1 unspecified atom stereocenters. The zero-order valence-corrected chi connectivity index (χ0v) is 10.4. The number of rotatable bonds is 3. The first kappa shape index (κ1) is 11.3. The van der Waals surface area contributed by atoms with Gasteiger partial charge in [-0.1, -0.05) is 18.2 Å². The molecule has 0 amide bonds. The third-order valence-corrected chi connectivity index (χ3v) is 3.84. The second kappa shape index (κ2) is 5.75. The summed E-state index contributed by atoms with van der Waals surface area (Å²) in [5, 5.41) is 4.65. The SMILES string of the molecule is CC(CN1CCCCC1)NC1=NCCS1. The Labute approximate surface area is 96.7 Å². The molecule has 0 saturated carbocycles. The third-order valence-electron chi connectivity index (χ3n) is 2.94. The number of thioether (sulfide) groups is 1. The first-order valence-electron chi connectivity index (χ1n) is 6.01. The van der Waals surface area contributed by atoms with Crippen LogP contribution in [0, 0.1) is 0 Å². The molecule has 1 fully saturated rings. The molecule has 1 N–H and O–H groups in total. The number of nitrogens with zero attached hydrogens (tertiary/aromatic N) is 2. The Balaban J connectivity index is 1.68. The van der Waals surface area contributed by atoms with Gasteiger partial charge in [0, 0.05) is 18.3 Å². The van der Waals surface area contributed by atoms with Crippen molar-refractivity contribution >= 4 is 16.9 Å². The van der Waals surface area contributed by atoms with E-state index in [1.54, 1.807) is 0 Å². The molecule has 2 rings (SSSR count). The van der Waals surface area contributed by atoms with Gasteiger partial charge in [-0.05, 0) is 32.9 Å². The van der Waals surface area contributed by atoms with Gasteiger partial charge in [0.1, 0.15) is 0 Å².